The first-order chi connectivity index (χ1) is 7.89. The number of rotatable bonds is 6. The van der Waals surface area contributed by atoms with Gasteiger partial charge in [-0.25, -0.2) is 4.21 Å². The molecule has 0 bridgehead atoms. The molecule has 0 aromatic heterocycles. The van der Waals surface area contributed by atoms with Crippen molar-refractivity contribution in [2.45, 2.75) is 18.9 Å². The summed E-state index contributed by atoms with van der Waals surface area (Å²) < 4.78 is 20.0. The topological polar surface area (TPSA) is 86.8 Å². The highest BCUT2D eigenvalue weighted by Gasteiger charge is 2.13. The maximum atomic E-state index is 10.9. The number of hydrogen-bond donors (Lipinski definition) is 3. The fourth-order valence-corrected chi connectivity index (χ4v) is 1.97. The maximum Gasteiger partial charge on any atom is 0.232 e. The van der Waals surface area contributed by atoms with Gasteiger partial charge in [0.1, 0.15) is 0 Å². The van der Waals surface area contributed by atoms with Crippen LogP contribution in [0.4, 0.5) is 0 Å². The molecular weight excluding hydrogens is 260 g/mol. The van der Waals surface area contributed by atoms with Crippen LogP contribution in [0.1, 0.15) is 12.0 Å². The van der Waals surface area contributed by atoms with E-state index in [9.17, 15) is 4.21 Å². The maximum absolute atomic E-state index is 10.9. The molecule has 1 unspecified atom stereocenters. The Kier molecular flexibility index (Phi) is 5.44. The Bertz CT molecular complexity index is 436. The molecule has 0 heterocycles. The van der Waals surface area contributed by atoms with Gasteiger partial charge in [-0.15, -0.1) is 0 Å². The highest BCUT2D eigenvalue weighted by molar-refractivity contribution is 8.28. The van der Waals surface area contributed by atoms with E-state index in [1.54, 1.807) is 0 Å². The predicted molar refractivity (Wildman–Crippen MR) is 69.4 cm³/mol. The van der Waals surface area contributed by atoms with Gasteiger partial charge in [-0.05, 0) is 18.4 Å². The standard InChI is InChI=1S/C10H16N2O3S2/c11-10(6-7-12(13)17(14,15)16)8-9-4-2-1-3-5-9/h1-5,10,13H,6-8,11H2,(H,14,15,16)/t10-/m1/s1. The first-order valence-corrected chi connectivity index (χ1v) is 7.53. The number of nitrogens with zero attached hydrogens (tertiary/aromatic N) is 1. The Hall–Kier alpha value is -0.570. The van der Waals surface area contributed by atoms with Crippen LogP contribution < -0.4 is 5.73 Å². The SMILES string of the molecule is N[C@H](CCN(O)S(=O)(O)=S)Cc1ccccc1. The second-order valence-electron chi connectivity index (χ2n) is 3.76. The van der Waals surface area contributed by atoms with E-state index < -0.39 is 8.96 Å². The summed E-state index contributed by atoms with van der Waals surface area (Å²) in [5.41, 5.74) is 6.94. The Morgan fingerprint density at radius 2 is 2.00 bits per heavy atom. The van der Waals surface area contributed by atoms with Gasteiger partial charge in [0.2, 0.25) is 8.96 Å². The van der Waals surface area contributed by atoms with Crippen molar-refractivity contribution >= 4 is 20.1 Å². The summed E-state index contributed by atoms with van der Waals surface area (Å²) >= 11 is 4.21. The molecule has 1 aromatic carbocycles. The number of hydrogen-bond acceptors (Lipinski definition) is 4. The molecule has 4 N–H and O–H groups in total. The fourth-order valence-electron chi connectivity index (χ4n) is 1.41. The fraction of sp³-hybridized carbons (Fsp3) is 0.400. The highest BCUT2D eigenvalue weighted by atomic mass is 32.8. The molecule has 0 aliphatic rings. The van der Waals surface area contributed by atoms with E-state index in [0.29, 0.717) is 12.8 Å². The molecule has 2 atom stereocenters. The zero-order valence-corrected chi connectivity index (χ0v) is 10.9. The smallest absolute Gasteiger partial charge is 0.232 e. The summed E-state index contributed by atoms with van der Waals surface area (Å²) in [5.74, 6) is 0. The molecule has 0 amide bonds. The van der Waals surface area contributed by atoms with Crippen molar-refractivity contribution in [3.63, 3.8) is 0 Å². The van der Waals surface area contributed by atoms with Crippen molar-refractivity contribution in [2.24, 2.45) is 5.73 Å². The van der Waals surface area contributed by atoms with Gasteiger partial charge < -0.3 is 5.73 Å². The zero-order chi connectivity index (χ0) is 12.9. The molecule has 5 nitrogen and oxygen atoms in total. The van der Waals surface area contributed by atoms with Gasteiger partial charge in [0.15, 0.2) is 0 Å². The van der Waals surface area contributed by atoms with E-state index >= 15 is 0 Å². The summed E-state index contributed by atoms with van der Waals surface area (Å²) in [5, 5.41) is 9.15. The molecule has 0 spiro atoms. The Balaban J connectivity index is 2.39. The van der Waals surface area contributed by atoms with Crippen LogP contribution in [0, 0.1) is 0 Å². The van der Waals surface area contributed by atoms with E-state index in [4.69, 9.17) is 15.5 Å². The van der Waals surface area contributed by atoms with E-state index in [2.05, 4.69) is 11.2 Å². The minimum absolute atomic E-state index is 0.0210. The predicted octanol–water partition coefficient (Wildman–Crippen LogP) is 0.772. The molecule has 1 aromatic rings. The summed E-state index contributed by atoms with van der Waals surface area (Å²) in [4.78, 5) is 0. The molecule has 0 saturated carbocycles. The molecule has 0 fully saturated rings. The molecule has 1 rings (SSSR count). The lowest BCUT2D eigenvalue weighted by Crippen LogP contribution is -2.32. The van der Waals surface area contributed by atoms with Crippen LogP contribution in [-0.2, 0) is 26.6 Å². The minimum Gasteiger partial charge on any atom is -0.327 e. The molecule has 17 heavy (non-hydrogen) atoms. The average molecular weight is 276 g/mol. The highest BCUT2D eigenvalue weighted by Crippen LogP contribution is 2.05. The first kappa shape index (κ1) is 14.5. The van der Waals surface area contributed by atoms with E-state index in [-0.39, 0.29) is 17.1 Å². The van der Waals surface area contributed by atoms with Crippen LogP contribution in [0.25, 0.3) is 0 Å². The third-order valence-electron chi connectivity index (χ3n) is 2.30. The van der Waals surface area contributed by atoms with Gasteiger partial charge in [0.25, 0.3) is 0 Å². The van der Waals surface area contributed by atoms with Crippen LogP contribution in [0.5, 0.6) is 0 Å². The molecule has 0 radical (unpaired) electrons. The monoisotopic (exact) mass is 276 g/mol. The largest absolute Gasteiger partial charge is 0.327 e. The number of nitrogens with two attached hydrogens (primary N) is 1. The van der Waals surface area contributed by atoms with Crippen molar-refractivity contribution in [1.82, 2.24) is 4.47 Å². The van der Waals surface area contributed by atoms with Crippen LogP contribution in [0.3, 0.4) is 0 Å². The molecule has 0 aliphatic heterocycles. The van der Waals surface area contributed by atoms with Crippen molar-refractivity contribution in [3.05, 3.63) is 35.9 Å². The summed E-state index contributed by atoms with van der Waals surface area (Å²) in [6, 6.07) is 9.48. The van der Waals surface area contributed by atoms with Crippen molar-refractivity contribution in [1.29, 1.82) is 0 Å². The van der Waals surface area contributed by atoms with Gasteiger partial charge >= 0.3 is 0 Å². The second kappa shape index (κ2) is 6.39. The quantitative estimate of drug-likeness (QED) is 0.668. The van der Waals surface area contributed by atoms with Gasteiger partial charge in [-0.2, -0.15) is 0 Å². The van der Waals surface area contributed by atoms with Crippen LogP contribution in [-0.4, -0.2) is 31.0 Å². The van der Waals surface area contributed by atoms with Crippen molar-refractivity contribution < 1.29 is 14.0 Å². The lowest BCUT2D eigenvalue weighted by atomic mass is 10.0. The van der Waals surface area contributed by atoms with Crippen LogP contribution >= 0.6 is 0 Å². The van der Waals surface area contributed by atoms with Crippen LogP contribution in [0.2, 0.25) is 0 Å². The third kappa shape index (κ3) is 5.53. The van der Waals surface area contributed by atoms with E-state index in [0.717, 1.165) is 5.56 Å². The van der Waals surface area contributed by atoms with Gasteiger partial charge in [-0.1, -0.05) is 34.8 Å². The lowest BCUT2D eigenvalue weighted by molar-refractivity contribution is -0.00122. The normalized spacial score (nSPS) is 16.7. The molecule has 0 aliphatic carbocycles. The van der Waals surface area contributed by atoms with E-state index in [1.807, 2.05) is 30.3 Å². The molecular formula is C10H16N2O3S2. The lowest BCUT2D eigenvalue weighted by Gasteiger charge is -2.16. The minimum atomic E-state index is -3.70. The number of hydroxylamine groups is 1. The first-order valence-electron chi connectivity index (χ1n) is 5.13. The second-order valence-corrected chi connectivity index (χ2v) is 6.38. The Labute approximate surface area is 106 Å². The van der Waals surface area contributed by atoms with Crippen molar-refractivity contribution in [2.75, 3.05) is 6.54 Å². The van der Waals surface area contributed by atoms with Gasteiger partial charge in [0.05, 0.1) is 0 Å². The van der Waals surface area contributed by atoms with E-state index in [1.165, 1.54) is 0 Å². The zero-order valence-electron chi connectivity index (χ0n) is 9.23. The summed E-state index contributed by atoms with van der Waals surface area (Å²) in [6.07, 6.45) is 1.04. The van der Waals surface area contributed by atoms with Gasteiger partial charge in [-0.3, -0.25) is 9.76 Å². The third-order valence-corrected chi connectivity index (χ3v) is 3.53. The number of benzene rings is 1. The van der Waals surface area contributed by atoms with Gasteiger partial charge in [0, 0.05) is 23.8 Å². The Morgan fingerprint density at radius 1 is 1.41 bits per heavy atom. The van der Waals surface area contributed by atoms with Crippen LogP contribution in [0.15, 0.2) is 30.3 Å². The Morgan fingerprint density at radius 3 is 2.53 bits per heavy atom. The summed E-state index contributed by atoms with van der Waals surface area (Å²) in [6.45, 7) is -0.0210. The molecule has 0 saturated heterocycles. The average Bonchev–Trinajstić information content (AvgIpc) is 2.26. The molecule has 7 heteroatoms. The van der Waals surface area contributed by atoms with Crippen molar-refractivity contribution in [3.8, 4) is 0 Å². The summed E-state index contributed by atoms with van der Waals surface area (Å²) in [7, 11) is -3.70. The molecule has 96 valence electrons.